The highest BCUT2D eigenvalue weighted by molar-refractivity contribution is 5.84. The number of hydrogen-bond donors (Lipinski definition) is 2. The summed E-state index contributed by atoms with van der Waals surface area (Å²) in [6, 6.07) is 3.18. The molecule has 2 N–H and O–H groups in total. The van der Waals surface area contributed by atoms with E-state index in [0.717, 1.165) is 0 Å². The average molecular weight is 454 g/mol. The molecule has 0 fully saturated rings. The van der Waals surface area contributed by atoms with E-state index in [2.05, 4.69) is 20.0 Å². The van der Waals surface area contributed by atoms with Gasteiger partial charge in [0.15, 0.2) is 0 Å². The van der Waals surface area contributed by atoms with Crippen LogP contribution in [0, 0.1) is 5.92 Å². The monoisotopic (exact) mass is 454 g/mol. The van der Waals surface area contributed by atoms with Crippen LogP contribution in [0.2, 0.25) is 0 Å². The Morgan fingerprint density at radius 3 is 2.69 bits per heavy atom. The zero-order valence-electron chi connectivity index (χ0n) is 17.9. The lowest BCUT2D eigenvalue weighted by atomic mass is 9.95. The van der Waals surface area contributed by atoms with Gasteiger partial charge in [0, 0.05) is 24.2 Å². The lowest BCUT2D eigenvalue weighted by molar-refractivity contribution is -0.275. The number of nitrogens with zero attached hydrogens (tertiary/aromatic N) is 2. The number of halogens is 3. The summed E-state index contributed by atoms with van der Waals surface area (Å²) in [5.41, 5.74) is 1.27. The number of aromatic amines is 1. The molecule has 2 atom stereocenters. The SMILES string of the molecule is COC(=O)[C@H](CC(C)C)NC(=O)N1CCc2[nH]cnc2C1c1ccccc1OC(F)(F)F. The average Bonchev–Trinajstić information content (AvgIpc) is 3.20. The number of carbonyl (C=O) groups is 2. The number of carbonyl (C=O) groups excluding carboxylic acids is 2. The first kappa shape index (κ1) is 23.4. The number of ether oxygens (including phenoxy) is 2. The topological polar surface area (TPSA) is 96.6 Å². The first-order valence-corrected chi connectivity index (χ1v) is 10.1. The summed E-state index contributed by atoms with van der Waals surface area (Å²) >= 11 is 0. The number of H-pyrrole nitrogens is 1. The third-order valence-electron chi connectivity index (χ3n) is 5.12. The Morgan fingerprint density at radius 1 is 1.31 bits per heavy atom. The summed E-state index contributed by atoms with van der Waals surface area (Å²) in [4.78, 5) is 34.0. The molecule has 3 rings (SSSR count). The molecule has 11 heteroatoms. The lowest BCUT2D eigenvalue weighted by Gasteiger charge is -2.36. The summed E-state index contributed by atoms with van der Waals surface area (Å²) in [5.74, 6) is -0.928. The largest absolute Gasteiger partial charge is 0.573 e. The lowest BCUT2D eigenvalue weighted by Crippen LogP contribution is -2.51. The summed E-state index contributed by atoms with van der Waals surface area (Å²) in [6.07, 6.45) is -2.70. The van der Waals surface area contributed by atoms with Gasteiger partial charge in [0.05, 0.1) is 19.1 Å². The van der Waals surface area contributed by atoms with Crippen molar-refractivity contribution < 1.29 is 32.2 Å². The van der Waals surface area contributed by atoms with E-state index in [1.807, 2.05) is 13.8 Å². The normalized spacial score (nSPS) is 17.0. The Hall–Kier alpha value is -3.24. The molecule has 2 heterocycles. The molecule has 32 heavy (non-hydrogen) atoms. The van der Waals surface area contributed by atoms with Crippen LogP contribution < -0.4 is 10.1 Å². The van der Waals surface area contributed by atoms with E-state index in [0.29, 0.717) is 24.2 Å². The summed E-state index contributed by atoms with van der Waals surface area (Å²) < 4.78 is 48.1. The predicted octanol–water partition coefficient (Wildman–Crippen LogP) is 3.55. The van der Waals surface area contributed by atoms with Crippen molar-refractivity contribution in [3.05, 3.63) is 47.5 Å². The maximum Gasteiger partial charge on any atom is 0.573 e. The van der Waals surface area contributed by atoms with E-state index in [9.17, 15) is 22.8 Å². The Balaban J connectivity index is 1.98. The molecule has 0 bridgehead atoms. The summed E-state index contributed by atoms with van der Waals surface area (Å²) in [6.45, 7) is 3.99. The van der Waals surface area contributed by atoms with Gasteiger partial charge < -0.3 is 24.7 Å². The van der Waals surface area contributed by atoms with Gasteiger partial charge in [0.25, 0.3) is 0 Å². The van der Waals surface area contributed by atoms with Crippen molar-refractivity contribution >= 4 is 12.0 Å². The number of amides is 2. The molecule has 1 unspecified atom stereocenters. The minimum Gasteiger partial charge on any atom is -0.467 e. The van der Waals surface area contributed by atoms with Crippen molar-refractivity contribution in [2.45, 2.75) is 45.1 Å². The zero-order chi connectivity index (χ0) is 23.5. The number of fused-ring (bicyclic) bond motifs is 1. The van der Waals surface area contributed by atoms with Crippen LogP contribution in [-0.2, 0) is 16.0 Å². The van der Waals surface area contributed by atoms with Gasteiger partial charge in [-0.15, -0.1) is 13.2 Å². The highest BCUT2D eigenvalue weighted by Crippen LogP contribution is 2.39. The molecule has 0 radical (unpaired) electrons. The van der Waals surface area contributed by atoms with E-state index in [1.165, 1.54) is 36.5 Å². The first-order chi connectivity index (χ1) is 15.1. The number of imidazole rings is 1. The Morgan fingerprint density at radius 2 is 2.03 bits per heavy atom. The third-order valence-corrected chi connectivity index (χ3v) is 5.12. The highest BCUT2D eigenvalue weighted by Gasteiger charge is 2.39. The number of para-hydroxylation sites is 1. The van der Waals surface area contributed by atoms with Crippen LogP contribution in [0.1, 0.15) is 43.3 Å². The molecule has 0 saturated carbocycles. The van der Waals surface area contributed by atoms with Crippen molar-refractivity contribution in [1.29, 1.82) is 0 Å². The summed E-state index contributed by atoms with van der Waals surface area (Å²) in [7, 11) is 1.23. The van der Waals surface area contributed by atoms with Crippen molar-refractivity contribution in [3.8, 4) is 5.75 Å². The third kappa shape index (κ3) is 5.32. The number of esters is 1. The minimum absolute atomic E-state index is 0.0930. The molecule has 8 nitrogen and oxygen atoms in total. The summed E-state index contributed by atoms with van der Waals surface area (Å²) in [5, 5.41) is 2.67. The number of aromatic nitrogens is 2. The van der Waals surface area contributed by atoms with Crippen LogP contribution in [0.5, 0.6) is 5.75 Å². The van der Waals surface area contributed by atoms with Gasteiger partial charge in [0.2, 0.25) is 0 Å². The van der Waals surface area contributed by atoms with Crippen LogP contribution >= 0.6 is 0 Å². The maximum atomic E-state index is 13.2. The molecule has 1 aliphatic heterocycles. The van der Waals surface area contributed by atoms with Crippen LogP contribution in [0.4, 0.5) is 18.0 Å². The van der Waals surface area contributed by atoms with Crippen LogP contribution in [0.15, 0.2) is 30.6 Å². The number of nitrogens with one attached hydrogen (secondary N) is 2. The molecule has 1 aromatic carbocycles. The fourth-order valence-electron chi connectivity index (χ4n) is 3.79. The van der Waals surface area contributed by atoms with Crippen molar-refractivity contribution in [2.75, 3.05) is 13.7 Å². The van der Waals surface area contributed by atoms with Crippen LogP contribution in [-0.4, -0.2) is 52.9 Å². The number of alkyl halides is 3. The van der Waals surface area contributed by atoms with Crippen molar-refractivity contribution in [2.24, 2.45) is 5.92 Å². The quantitative estimate of drug-likeness (QED) is 0.651. The fourth-order valence-corrected chi connectivity index (χ4v) is 3.79. The van der Waals surface area contributed by atoms with Gasteiger partial charge in [0.1, 0.15) is 17.8 Å². The van der Waals surface area contributed by atoms with Crippen LogP contribution in [0.3, 0.4) is 0 Å². The van der Waals surface area contributed by atoms with Gasteiger partial charge in [-0.25, -0.2) is 14.6 Å². The molecule has 0 aliphatic carbocycles. The molecule has 0 spiro atoms. The Kier molecular flexibility index (Phi) is 6.95. The molecule has 1 aliphatic rings. The van der Waals surface area contributed by atoms with Crippen LogP contribution in [0.25, 0.3) is 0 Å². The maximum absolute atomic E-state index is 13.2. The number of benzene rings is 1. The van der Waals surface area contributed by atoms with E-state index in [-0.39, 0.29) is 18.0 Å². The smallest absolute Gasteiger partial charge is 0.467 e. The number of rotatable bonds is 6. The second-order valence-electron chi connectivity index (χ2n) is 7.85. The highest BCUT2D eigenvalue weighted by atomic mass is 19.4. The van der Waals surface area contributed by atoms with Gasteiger partial charge >= 0.3 is 18.4 Å². The number of urea groups is 1. The molecule has 1 aromatic heterocycles. The van der Waals surface area contributed by atoms with E-state index < -0.39 is 36.2 Å². The number of methoxy groups -OCH3 is 1. The van der Waals surface area contributed by atoms with Gasteiger partial charge in [-0.2, -0.15) is 0 Å². The molecular weight excluding hydrogens is 429 g/mol. The van der Waals surface area contributed by atoms with Gasteiger partial charge in [-0.05, 0) is 18.4 Å². The minimum atomic E-state index is -4.90. The van der Waals surface area contributed by atoms with Crippen molar-refractivity contribution in [1.82, 2.24) is 20.2 Å². The van der Waals surface area contributed by atoms with Gasteiger partial charge in [-0.3, -0.25) is 0 Å². The van der Waals surface area contributed by atoms with Gasteiger partial charge in [-0.1, -0.05) is 32.0 Å². The number of hydrogen-bond acceptors (Lipinski definition) is 5. The standard InChI is InChI=1S/C21H25F3N4O4/c1-12(2)10-15(19(29)31-3)27-20(30)28-9-8-14-17(26-11-25-14)18(28)13-6-4-5-7-16(13)32-21(22,23)24/h4-7,11-12,15,18H,8-10H2,1-3H3,(H,25,26)(H,27,30)/t15-,18?/m0/s1. The Labute approximate surface area is 183 Å². The van der Waals surface area contributed by atoms with E-state index in [1.54, 1.807) is 6.07 Å². The molecular formula is C21H25F3N4O4. The fraction of sp³-hybridized carbons (Fsp3) is 0.476. The Bertz CT molecular complexity index is 961. The molecule has 2 aromatic rings. The predicted molar refractivity (Wildman–Crippen MR) is 108 cm³/mol. The second-order valence-corrected chi connectivity index (χ2v) is 7.85. The molecule has 174 valence electrons. The second kappa shape index (κ2) is 9.49. The first-order valence-electron chi connectivity index (χ1n) is 10.1. The van der Waals surface area contributed by atoms with E-state index >= 15 is 0 Å². The van der Waals surface area contributed by atoms with Crippen molar-refractivity contribution in [3.63, 3.8) is 0 Å². The molecule has 0 saturated heterocycles. The zero-order valence-corrected chi connectivity index (χ0v) is 17.9. The molecule has 2 amide bonds. The van der Waals surface area contributed by atoms with E-state index in [4.69, 9.17) is 4.74 Å².